The molecule has 1 N–H and O–H groups in total. The highest BCUT2D eigenvalue weighted by molar-refractivity contribution is 7.89. The summed E-state index contributed by atoms with van der Waals surface area (Å²) in [4.78, 5) is 23.1. The fraction of sp³-hybridized carbons (Fsp3) is 0.190. The highest BCUT2D eigenvalue weighted by atomic mass is 32.2. The summed E-state index contributed by atoms with van der Waals surface area (Å²) in [6, 6.07) is 17.2. The van der Waals surface area contributed by atoms with E-state index in [0.717, 1.165) is 0 Å². The number of hydrogen-bond acceptors (Lipinski definition) is 6. The minimum Gasteiger partial charge on any atom is -0.336 e. The second-order valence-corrected chi connectivity index (χ2v) is 8.73. The molecule has 3 aromatic rings. The minimum absolute atomic E-state index is 0.135. The zero-order valence-corrected chi connectivity index (χ0v) is 17.0. The second kappa shape index (κ2) is 8.60. The summed E-state index contributed by atoms with van der Waals surface area (Å²) in [5.74, 6) is 0.311. The molecular formula is C21H21N5O3S. The van der Waals surface area contributed by atoms with E-state index in [-0.39, 0.29) is 23.9 Å². The Morgan fingerprint density at radius 3 is 2.27 bits per heavy atom. The minimum atomic E-state index is -3.55. The topological polar surface area (TPSA) is 95.5 Å². The Balaban J connectivity index is 1.42. The van der Waals surface area contributed by atoms with Gasteiger partial charge in [0.1, 0.15) is 0 Å². The first-order valence-corrected chi connectivity index (χ1v) is 11.0. The number of nitrogens with zero attached hydrogens (tertiary/aromatic N) is 4. The molecule has 1 fully saturated rings. The van der Waals surface area contributed by atoms with Gasteiger partial charge in [-0.15, -0.1) is 0 Å². The highest BCUT2D eigenvalue weighted by Crippen LogP contribution is 2.20. The molecule has 2 heterocycles. The van der Waals surface area contributed by atoms with E-state index in [1.54, 1.807) is 71.9 Å². The third kappa shape index (κ3) is 4.32. The van der Waals surface area contributed by atoms with Gasteiger partial charge in [-0.2, -0.15) is 4.31 Å². The first-order valence-electron chi connectivity index (χ1n) is 9.53. The van der Waals surface area contributed by atoms with Crippen LogP contribution in [0.2, 0.25) is 0 Å². The van der Waals surface area contributed by atoms with Crippen LogP contribution in [0.1, 0.15) is 10.4 Å². The molecule has 2 aromatic carbocycles. The summed E-state index contributed by atoms with van der Waals surface area (Å²) in [7, 11) is -3.55. The molecule has 1 saturated heterocycles. The molecular weight excluding hydrogens is 402 g/mol. The van der Waals surface area contributed by atoms with Gasteiger partial charge in [0.2, 0.25) is 16.0 Å². The zero-order chi connectivity index (χ0) is 21.0. The second-order valence-electron chi connectivity index (χ2n) is 6.79. The Bertz CT molecular complexity index is 1120. The van der Waals surface area contributed by atoms with E-state index in [9.17, 15) is 13.2 Å². The van der Waals surface area contributed by atoms with E-state index in [4.69, 9.17) is 0 Å². The van der Waals surface area contributed by atoms with Crippen LogP contribution in [-0.4, -0.2) is 59.7 Å². The molecule has 1 aromatic heterocycles. The Labute approximate surface area is 175 Å². The third-order valence-corrected chi connectivity index (χ3v) is 6.75. The molecule has 0 bridgehead atoms. The van der Waals surface area contributed by atoms with E-state index in [0.29, 0.717) is 30.3 Å². The maximum absolute atomic E-state index is 12.9. The lowest BCUT2D eigenvalue weighted by molar-refractivity contribution is 0.0698. The van der Waals surface area contributed by atoms with Gasteiger partial charge in [-0.3, -0.25) is 4.79 Å². The predicted molar refractivity (Wildman–Crippen MR) is 113 cm³/mol. The number of benzene rings is 2. The molecule has 0 unspecified atom stereocenters. The predicted octanol–water partition coefficient (Wildman–Crippen LogP) is 2.37. The van der Waals surface area contributed by atoms with Gasteiger partial charge >= 0.3 is 0 Å². The van der Waals surface area contributed by atoms with E-state index in [2.05, 4.69) is 15.3 Å². The lowest BCUT2D eigenvalue weighted by Crippen LogP contribution is -2.50. The Kier molecular flexibility index (Phi) is 5.73. The molecule has 0 radical (unpaired) electrons. The number of anilines is 2. The summed E-state index contributed by atoms with van der Waals surface area (Å²) in [5, 5.41) is 3.07. The van der Waals surface area contributed by atoms with E-state index in [1.165, 1.54) is 4.31 Å². The van der Waals surface area contributed by atoms with E-state index in [1.807, 2.05) is 6.07 Å². The molecule has 1 aliphatic heterocycles. The monoisotopic (exact) mass is 423 g/mol. The highest BCUT2D eigenvalue weighted by Gasteiger charge is 2.30. The van der Waals surface area contributed by atoms with Crippen LogP contribution in [0.5, 0.6) is 0 Å². The van der Waals surface area contributed by atoms with E-state index < -0.39 is 10.0 Å². The fourth-order valence-electron chi connectivity index (χ4n) is 3.28. The quantitative estimate of drug-likeness (QED) is 0.677. The van der Waals surface area contributed by atoms with Gasteiger partial charge in [0, 0.05) is 49.8 Å². The van der Waals surface area contributed by atoms with E-state index >= 15 is 0 Å². The average molecular weight is 423 g/mol. The number of nitrogens with one attached hydrogen (secondary N) is 1. The summed E-state index contributed by atoms with van der Waals surface area (Å²) in [6.45, 7) is 1.20. The Morgan fingerprint density at radius 1 is 0.867 bits per heavy atom. The molecule has 30 heavy (non-hydrogen) atoms. The smallest absolute Gasteiger partial charge is 0.254 e. The number of piperazine rings is 1. The van der Waals surface area contributed by atoms with Crippen molar-refractivity contribution in [2.45, 2.75) is 4.90 Å². The molecule has 4 rings (SSSR count). The van der Waals surface area contributed by atoms with Gasteiger partial charge < -0.3 is 10.2 Å². The van der Waals surface area contributed by atoms with Crippen molar-refractivity contribution < 1.29 is 13.2 Å². The van der Waals surface area contributed by atoms with Gasteiger partial charge in [0.05, 0.1) is 4.90 Å². The summed E-state index contributed by atoms with van der Waals surface area (Å²) in [5.41, 5.74) is 1.23. The molecule has 0 aliphatic carbocycles. The van der Waals surface area contributed by atoms with Crippen molar-refractivity contribution in [3.8, 4) is 0 Å². The van der Waals surface area contributed by atoms with Crippen molar-refractivity contribution in [1.29, 1.82) is 0 Å². The molecule has 9 heteroatoms. The van der Waals surface area contributed by atoms with Crippen molar-refractivity contribution >= 4 is 27.6 Å². The summed E-state index contributed by atoms with van der Waals surface area (Å²) < 4.78 is 26.9. The first-order chi connectivity index (χ1) is 14.5. The van der Waals surface area contributed by atoms with Crippen LogP contribution in [0, 0.1) is 0 Å². The van der Waals surface area contributed by atoms with Gasteiger partial charge in [0.25, 0.3) is 5.91 Å². The summed E-state index contributed by atoms with van der Waals surface area (Å²) in [6.07, 6.45) is 3.26. The largest absolute Gasteiger partial charge is 0.336 e. The van der Waals surface area contributed by atoms with Crippen LogP contribution in [-0.2, 0) is 10.0 Å². The molecule has 0 spiro atoms. The maximum Gasteiger partial charge on any atom is 0.254 e. The number of carbonyl (C=O) groups is 1. The molecule has 1 aliphatic rings. The number of sulfonamides is 1. The van der Waals surface area contributed by atoms with Gasteiger partial charge in [-0.1, -0.05) is 24.3 Å². The van der Waals surface area contributed by atoms with Gasteiger partial charge in [-0.05, 0) is 36.4 Å². The lowest BCUT2D eigenvalue weighted by atomic mass is 10.1. The summed E-state index contributed by atoms with van der Waals surface area (Å²) >= 11 is 0. The normalized spacial score (nSPS) is 15.0. The van der Waals surface area contributed by atoms with Gasteiger partial charge in [0.15, 0.2) is 0 Å². The van der Waals surface area contributed by atoms with Crippen molar-refractivity contribution in [2.24, 2.45) is 0 Å². The van der Waals surface area contributed by atoms with Crippen LogP contribution in [0.4, 0.5) is 11.6 Å². The number of aromatic nitrogens is 2. The van der Waals surface area contributed by atoms with Crippen molar-refractivity contribution in [3.05, 3.63) is 78.6 Å². The molecule has 1 amide bonds. The molecule has 0 saturated carbocycles. The lowest BCUT2D eigenvalue weighted by Gasteiger charge is -2.34. The Hall–Kier alpha value is -3.30. The molecule has 0 atom stereocenters. The number of carbonyl (C=O) groups excluding carboxylic acids is 1. The van der Waals surface area contributed by atoms with Crippen LogP contribution >= 0.6 is 0 Å². The number of rotatable bonds is 5. The Morgan fingerprint density at radius 2 is 1.57 bits per heavy atom. The number of amides is 1. The average Bonchev–Trinajstić information content (AvgIpc) is 2.80. The first kappa shape index (κ1) is 20.0. The van der Waals surface area contributed by atoms with Crippen molar-refractivity contribution in [2.75, 3.05) is 31.5 Å². The van der Waals surface area contributed by atoms with Crippen molar-refractivity contribution in [3.63, 3.8) is 0 Å². The third-order valence-electron chi connectivity index (χ3n) is 4.84. The molecule has 8 nitrogen and oxygen atoms in total. The fourth-order valence-corrected chi connectivity index (χ4v) is 4.72. The van der Waals surface area contributed by atoms with Crippen LogP contribution < -0.4 is 5.32 Å². The van der Waals surface area contributed by atoms with Crippen LogP contribution in [0.3, 0.4) is 0 Å². The standard InChI is InChI=1S/C21H21N5O3S/c27-20(17-6-4-7-18(16-17)24-21-22-10-5-11-23-21)25-12-14-26(15-13-25)30(28,29)19-8-2-1-3-9-19/h1-11,16H,12-15H2,(H,22,23,24). The van der Waals surface area contributed by atoms with Gasteiger partial charge in [-0.25, -0.2) is 18.4 Å². The van der Waals surface area contributed by atoms with Crippen LogP contribution in [0.15, 0.2) is 78.0 Å². The molecule has 154 valence electrons. The van der Waals surface area contributed by atoms with Crippen LogP contribution in [0.25, 0.3) is 0 Å². The maximum atomic E-state index is 12.9. The SMILES string of the molecule is O=C(c1cccc(Nc2ncccn2)c1)N1CCN(S(=O)(=O)c2ccccc2)CC1. The number of hydrogen-bond donors (Lipinski definition) is 1. The van der Waals surface area contributed by atoms with Crippen molar-refractivity contribution in [1.82, 2.24) is 19.2 Å². The zero-order valence-electron chi connectivity index (χ0n) is 16.2.